The van der Waals surface area contributed by atoms with Crippen LogP contribution >= 0.6 is 0 Å². The van der Waals surface area contributed by atoms with Crippen LogP contribution in [-0.2, 0) is 10.0 Å². The van der Waals surface area contributed by atoms with Gasteiger partial charge in [0.2, 0.25) is 10.0 Å². The Morgan fingerprint density at radius 3 is 1.96 bits per heavy atom. The van der Waals surface area contributed by atoms with Gasteiger partial charge in [-0.2, -0.15) is 4.31 Å². The Balaban J connectivity index is 1.56. The summed E-state index contributed by atoms with van der Waals surface area (Å²) in [5, 5.41) is 8.70. The molecule has 0 unspecified atom stereocenters. The highest BCUT2D eigenvalue weighted by Gasteiger charge is 2.27. The molecule has 1 aromatic heterocycles. The summed E-state index contributed by atoms with van der Waals surface area (Å²) in [6.07, 6.45) is 4.07. The summed E-state index contributed by atoms with van der Waals surface area (Å²) in [5.74, 6) is 2.04. The van der Waals surface area contributed by atoms with Crippen LogP contribution in [0.15, 0.2) is 12.1 Å². The Hall–Kier alpha value is -1.41. The van der Waals surface area contributed by atoms with Crippen LogP contribution in [0.25, 0.3) is 0 Å². The van der Waals surface area contributed by atoms with E-state index >= 15 is 0 Å². The molecule has 0 spiro atoms. The van der Waals surface area contributed by atoms with Gasteiger partial charge in [-0.15, -0.1) is 10.2 Å². The molecule has 7 nitrogen and oxygen atoms in total. The lowest BCUT2D eigenvalue weighted by Crippen LogP contribution is -2.49. The summed E-state index contributed by atoms with van der Waals surface area (Å²) in [6, 6.07) is 4.03. The first-order chi connectivity index (χ1) is 11.6. The van der Waals surface area contributed by atoms with Crippen LogP contribution in [0.1, 0.15) is 32.6 Å². The van der Waals surface area contributed by atoms with E-state index in [1.807, 2.05) is 19.1 Å². The Morgan fingerprint density at radius 1 is 0.917 bits per heavy atom. The van der Waals surface area contributed by atoms with Gasteiger partial charge in [0.1, 0.15) is 0 Å². The fourth-order valence-corrected chi connectivity index (χ4v) is 4.88. The van der Waals surface area contributed by atoms with E-state index in [0.29, 0.717) is 26.2 Å². The molecule has 8 heteroatoms. The molecule has 1 aromatic rings. The molecule has 134 valence electrons. The molecular weight excluding hydrogens is 326 g/mol. The Bertz CT molecular complexity index is 620. The van der Waals surface area contributed by atoms with E-state index in [2.05, 4.69) is 20.0 Å². The average molecular weight is 353 g/mol. The normalized spacial score (nSPS) is 19.9. The first-order valence-corrected chi connectivity index (χ1v) is 10.5. The quantitative estimate of drug-likeness (QED) is 0.768. The van der Waals surface area contributed by atoms with Gasteiger partial charge in [0.25, 0.3) is 0 Å². The number of rotatable bonds is 6. The van der Waals surface area contributed by atoms with E-state index in [9.17, 15) is 8.42 Å². The molecule has 0 N–H and O–H groups in total. The van der Waals surface area contributed by atoms with Gasteiger partial charge in [-0.1, -0.05) is 13.3 Å². The molecule has 0 aromatic carbocycles. The Morgan fingerprint density at radius 2 is 1.46 bits per heavy atom. The smallest absolute Gasteiger partial charge is 0.214 e. The van der Waals surface area contributed by atoms with E-state index in [-0.39, 0.29) is 5.75 Å². The molecule has 2 aliphatic heterocycles. The van der Waals surface area contributed by atoms with Gasteiger partial charge in [-0.3, -0.25) is 0 Å². The highest BCUT2D eigenvalue weighted by atomic mass is 32.2. The van der Waals surface area contributed by atoms with Crippen LogP contribution in [0.2, 0.25) is 0 Å². The lowest BCUT2D eigenvalue weighted by atomic mass is 10.3. The third-order valence-electron chi connectivity index (χ3n) is 4.78. The number of anilines is 2. The zero-order valence-corrected chi connectivity index (χ0v) is 15.2. The summed E-state index contributed by atoms with van der Waals surface area (Å²) < 4.78 is 26.1. The van der Waals surface area contributed by atoms with Crippen molar-refractivity contribution < 1.29 is 8.42 Å². The molecule has 3 heterocycles. The zero-order chi connectivity index (χ0) is 17.0. The molecular formula is C16H27N5O2S. The van der Waals surface area contributed by atoms with Crippen LogP contribution in [0.3, 0.4) is 0 Å². The van der Waals surface area contributed by atoms with Gasteiger partial charge < -0.3 is 9.80 Å². The molecule has 2 aliphatic rings. The van der Waals surface area contributed by atoms with Crippen LogP contribution in [0.4, 0.5) is 11.6 Å². The zero-order valence-electron chi connectivity index (χ0n) is 14.4. The number of hydrogen-bond acceptors (Lipinski definition) is 6. The summed E-state index contributed by atoms with van der Waals surface area (Å²) in [5.41, 5.74) is 0. The molecule has 2 saturated heterocycles. The van der Waals surface area contributed by atoms with E-state index in [1.165, 1.54) is 12.8 Å². The lowest BCUT2D eigenvalue weighted by Gasteiger charge is -2.34. The number of piperazine rings is 1. The van der Waals surface area contributed by atoms with Crippen LogP contribution < -0.4 is 9.80 Å². The summed E-state index contributed by atoms with van der Waals surface area (Å²) >= 11 is 0. The van der Waals surface area contributed by atoms with Gasteiger partial charge in [-0.05, 0) is 31.4 Å². The molecule has 24 heavy (non-hydrogen) atoms. The van der Waals surface area contributed by atoms with Crippen molar-refractivity contribution >= 4 is 21.7 Å². The van der Waals surface area contributed by atoms with E-state index in [4.69, 9.17) is 0 Å². The van der Waals surface area contributed by atoms with Crippen molar-refractivity contribution in [3.8, 4) is 0 Å². The topological polar surface area (TPSA) is 69.6 Å². The Labute approximate surface area is 144 Å². The number of sulfonamides is 1. The maximum absolute atomic E-state index is 12.3. The van der Waals surface area contributed by atoms with Gasteiger partial charge in [0.15, 0.2) is 11.6 Å². The predicted molar refractivity (Wildman–Crippen MR) is 96.0 cm³/mol. The monoisotopic (exact) mass is 353 g/mol. The minimum Gasteiger partial charge on any atom is -0.355 e. The van der Waals surface area contributed by atoms with Gasteiger partial charge >= 0.3 is 0 Å². The van der Waals surface area contributed by atoms with E-state index in [1.54, 1.807) is 4.31 Å². The van der Waals surface area contributed by atoms with Crippen molar-refractivity contribution in [1.29, 1.82) is 0 Å². The van der Waals surface area contributed by atoms with E-state index < -0.39 is 10.0 Å². The van der Waals surface area contributed by atoms with Crippen LogP contribution in [-0.4, -0.2) is 67.9 Å². The molecule has 0 aliphatic carbocycles. The maximum Gasteiger partial charge on any atom is 0.214 e. The van der Waals surface area contributed by atoms with Crippen molar-refractivity contribution in [3.63, 3.8) is 0 Å². The van der Waals surface area contributed by atoms with Crippen LogP contribution in [0.5, 0.6) is 0 Å². The third-order valence-corrected chi connectivity index (χ3v) is 6.73. The second kappa shape index (κ2) is 7.65. The molecule has 0 saturated carbocycles. The molecule has 0 bridgehead atoms. The summed E-state index contributed by atoms with van der Waals surface area (Å²) in [4.78, 5) is 4.38. The fraction of sp³-hybridized carbons (Fsp3) is 0.750. The second-order valence-corrected chi connectivity index (χ2v) is 8.59. The van der Waals surface area contributed by atoms with Gasteiger partial charge in [0.05, 0.1) is 5.75 Å². The second-order valence-electron chi connectivity index (χ2n) is 6.50. The largest absolute Gasteiger partial charge is 0.355 e. The summed E-state index contributed by atoms with van der Waals surface area (Å²) in [7, 11) is -3.10. The minimum atomic E-state index is -3.10. The van der Waals surface area contributed by atoms with Gasteiger partial charge in [0, 0.05) is 39.3 Å². The number of aromatic nitrogens is 2. The van der Waals surface area contributed by atoms with Crippen molar-refractivity contribution in [1.82, 2.24) is 14.5 Å². The molecule has 0 radical (unpaired) electrons. The molecule has 2 fully saturated rings. The van der Waals surface area contributed by atoms with Crippen molar-refractivity contribution in [2.75, 3.05) is 54.8 Å². The highest BCUT2D eigenvalue weighted by molar-refractivity contribution is 7.89. The molecule has 0 atom stereocenters. The minimum absolute atomic E-state index is 0.258. The van der Waals surface area contributed by atoms with Crippen LogP contribution in [0, 0.1) is 0 Å². The van der Waals surface area contributed by atoms with E-state index in [0.717, 1.165) is 37.6 Å². The standard InChI is InChI=1S/C16H27N5O2S/c1-2-3-14-24(22,23)21-12-10-20(11-13-21)16-7-6-15(17-18-16)19-8-4-5-9-19/h6-7H,2-5,8-14H2,1H3. The first-order valence-electron chi connectivity index (χ1n) is 8.91. The third kappa shape index (κ3) is 3.97. The molecule has 3 rings (SSSR count). The SMILES string of the molecule is CCCCS(=O)(=O)N1CCN(c2ccc(N3CCCC3)nn2)CC1. The number of nitrogens with zero attached hydrogens (tertiary/aromatic N) is 5. The predicted octanol–water partition coefficient (Wildman–Crippen LogP) is 1.33. The van der Waals surface area contributed by atoms with Crippen molar-refractivity contribution in [3.05, 3.63) is 12.1 Å². The first kappa shape index (κ1) is 17.4. The fourth-order valence-electron chi connectivity index (χ4n) is 3.25. The highest BCUT2D eigenvalue weighted by Crippen LogP contribution is 2.20. The maximum atomic E-state index is 12.3. The number of hydrogen-bond donors (Lipinski definition) is 0. The summed E-state index contributed by atoms with van der Waals surface area (Å²) in [6.45, 7) is 6.53. The lowest BCUT2D eigenvalue weighted by molar-refractivity contribution is 0.383. The van der Waals surface area contributed by atoms with Gasteiger partial charge in [-0.25, -0.2) is 8.42 Å². The van der Waals surface area contributed by atoms with Crippen molar-refractivity contribution in [2.24, 2.45) is 0 Å². The molecule has 0 amide bonds. The Kier molecular flexibility index (Phi) is 5.55. The van der Waals surface area contributed by atoms with Crippen molar-refractivity contribution in [2.45, 2.75) is 32.6 Å². The average Bonchev–Trinajstić information content (AvgIpc) is 3.15. The number of unbranched alkanes of at least 4 members (excludes halogenated alkanes) is 1.